The first-order valence-corrected chi connectivity index (χ1v) is 12.6. The molecule has 0 saturated carbocycles. The van der Waals surface area contributed by atoms with Gasteiger partial charge in [0.05, 0.1) is 12.2 Å². The molecule has 9 heteroatoms. The first-order valence-electron chi connectivity index (χ1n) is 12.6. The van der Waals surface area contributed by atoms with Crippen molar-refractivity contribution in [2.24, 2.45) is 0 Å². The summed E-state index contributed by atoms with van der Waals surface area (Å²) >= 11 is 0. The molecule has 1 saturated heterocycles. The molecule has 38 heavy (non-hydrogen) atoms. The summed E-state index contributed by atoms with van der Waals surface area (Å²) in [6.07, 6.45) is 13.6. The summed E-state index contributed by atoms with van der Waals surface area (Å²) in [5, 5.41) is 4.61. The van der Waals surface area contributed by atoms with E-state index in [0.29, 0.717) is 36.0 Å². The Hall–Kier alpha value is -4.24. The lowest BCUT2D eigenvalue weighted by atomic mass is 10.0. The van der Waals surface area contributed by atoms with Gasteiger partial charge in [-0.05, 0) is 64.2 Å². The van der Waals surface area contributed by atoms with Crippen LogP contribution in [0.2, 0.25) is 0 Å². The number of carbonyl (C=O) groups excluding carboxylic acids is 1. The summed E-state index contributed by atoms with van der Waals surface area (Å²) in [6, 6.07) is 9.63. The van der Waals surface area contributed by atoms with E-state index in [-0.39, 0.29) is 11.9 Å². The van der Waals surface area contributed by atoms with E-state index in [9.17, 15) is 4.79 Å². The van der Waals surface area contributed by atoms with Crippen molar-refractivity contribution in [2.75, 3.05) is 33.7 Å². The molecule has 198 valence electrons. The molecule has 1 amide bonds. The molecule has 0 atom stereocenters. The number of hydrogen-bond donors (Lipinski definition) is 0. The number of amides is 1. The van der Waals surface area contributed by atoms with Gasteiger partial charge in [-0.25, -0.2) is 4.98 Å². The van der Waals surface area contributed by atoms with E-state index in [4.69, 9.17) is 9.47 Å². The number of benzene rings is 1. The van der Waals surface area contributed by atoms with Gasteiger partial charge in [0, 0.05) is 25.7 Å². The van der Waals surface area contributed by atoms with Crippen molar-refractivity contribution in [3.05, 3.63) is 91.3 Å². The molecule has 1 aliphatic rings. The number of piperidine rings is 1. The van der Waals surface area contributed by atoms with Crippen molar-refractivity contribution in [3.8, 4) is 11.6 Å². The van der Waals surface area contributed by atoms with Crippen LogP contribution in [0.25, 0.3) is 11.0 Å². The number of allylic oxidation sites excluding steroid dienone is 4. The highest BCUT2D eigenvalue weighted by molar-refractivity contribution is 5.87. The van der Waals surface area contributed by atoms with Crippen LogP contribution in [0.4, 0.5) is 0 Å². The normalized spacial score (nSPS) is 15.4. The lowest BCUT2D eigenvalue weighted by molar-refractivity contribution is -0.127. The molecule has 0 bridgehead atoms. The highest BCUT2D eigenvalue weighted by Crippen LogP contribution is 2.30. The van der Waals surface area contributed by atoms with Gasteiger partial charge >= 0.3 is 0 Å². The van der Waals surface area contributed by atoms with Crippen LogP contribution in [-0.4, -0.2) is 69.2 Å². The molecule has 0 N–H and O–H groups in total. The van der Waals surface area contributed by atoms with Crippen molar-refractivity contribution >= 4 is 16.9 Å². The molecule has 0 spiro atoms. The van der Waals surface area contributed by atoms with Crippen LogP contribution in [0.15, 0.2) is 91.3 Å². The molecule has 0 aliphatic carbocycles. The molecule has 3 heterocycles. The van der Waals surface area contributed by atoms with Gasteiger partial charge in [0.25, 0.3) is 0 Å². The van der Waals surface area contributed by atoms with Gasteiger partial charge in [-0.1, -0.05) is 30.9 Å². The van der Waals surface area contributed by atoms with Crippen LogP contribution in [-0.2, 0) is 4.79 Å². The maximum atomic E-state index is 12.5. The highest BCUT2D eigenvalue weighted by Gasteiger charge is 2.26. The van der Waals surface area contributed by atoms with E-state index < -0.39 is 0 Å². The molecule has 1 aliphatic heterocycles. The van der Waals surface area contributed by atoms with Crippen LogP contribution < -0.4 is 9.47 Å². The van der Waals surface area contributed by atoms with E-state index >= 15 is 0 Å². The molecular weight excluding hydrogens is 480 g/mol. The van der Waals surface area contributed by atoms with Gasteiger partial charge in [-0.2, -0.15) is 10.1 Å². The number of likely N-dealkylation sites (tertiary alicyclic amines) is 1. The number of carbonyl (C=O) groups is 1. The number of rotatable bonds is 10. The van der Waals surface area contributed by atoms with Gasteiger partial charge in [-0.15, -0.1) is 0 Å². The Morgan fingerprint density at radius 1 is 1.13 bits per heavy atom. The van der Waals surface area contributed by atoms with Crippen molar-refractivity contribution in [1.82, 2.24) is 29.5 Å². The Morgan fingerprint density at radius 3 is 2.61 bits per heavy atom. The number of likely N-dealkylation sites (N-methyl/N-ethyl adjacent to an activating group) is 1. The second-order valence-corrected chi connectivity index (χ2v) is 9.29. The minimum Gasteiger partial charge on any atom is -0.457 e. The van der Waals surface area contributed by atoms with Gasteiger partial charge < -0.3 is 19.3 Å². The second-order valence-electron chi connectivity index (χ2n) is 9.29. The molecular formula is C29H34N6O3. The minimum atomic E-state index is 0.0481. The Labute approximate surface area is 223 Å². The summed E-state index contributed by atoms with van der Waals surface area (Å²) in [7, 11) is 3.95. The molecule has 3 aromatic rings. The lowest BCUT2D eigenvalue weighted by Gasteiger charge is -2.31. The summed E-state index contributed by atoms with van der Waals surface area (Å²) in [5.41, 5.74) is 1.45. The lowest BCUT2D eigenvalue weighted by Crippen LogP contribution is -2.38. The quantitative estimate of drug-likeness (QED) is 0.223. The van der Waals surface area contributed by atoms with Gasteiger partial charge in [0.2, 0.25) is 11.8 Å². The molecule has 0 radical (unpaired) electrons. The first-order chi connectivity index (χ1) is 18.4. The molecule has 1 aromatic carbocycles. The largest absolute Gasteiger partial charge is 0.457 e. The fraction of sp³-hybridized carbons (Fsp3) is 0.310. The van der Waals surface area contributed by atoms with E-state index in [0.717, 1.165) is 30.7 Å². The minimum absolute atomic E-state index is 0.0481. The fourth-order valence-corrected chi connectivity index (χ4v) is 4.17. The average Bonchev–Trinajstić information content (AvgIpc) is 3.37. The van der Waals surface area contributed by atoms with Crippen LogP contribution >= 0.6 is 0 Å². The zero-order chi connectivity index (χ0) is 26.9. The molecule has 9 nitrogen and oxygen atoms in total. The van der Waals surface area contributed by atoms with Crippen LogP contribution in [0.5, 0.6) is 11.6 Å². The van der Waals surface area contributed by atoms with Crippen molar-refractivity contribution in [2.45, 2.75) is 25.8 Å². The maximum Gasteiger partial charge on any atom is 0.248 e. The van der Waals surface area contributed by atoms with Gasteiger partial charge in [-0.3, -0.25) is 9.48 Å². The topological polar surface area (TPSA) is 85.6 Å². The summed E-state index contributed by atoms with van der Waals surface area (Å²) in [5.74, 6) is 2.42. The number of aromatic nitrogens is 4. The summed E-state index contributed by atoms with van der Waals surface area (Å²) < 4.78 is 13.9. The number of nitrogens with zero attached hydrogens (tertiary/aromatic N) is 6. The molecule has 2 aromatic heterocycles. The van der Waals surface area contributed by atoms with Gasteiger partial charge in [0.1, 0.15) is 34.6 Å². The Morgan fingerprint density at radius 2 is 1.89 bits per heavy atom. The number of para-hydroxylation sites is 1. The number of fused-ring (bicyclic) bond motifs is 1. The zero-order valence-corrected chi connectivity index (χ0v) is 22.2. The standard InChI is InChI=1S/C29H34N6O3/c1-5-24(38-25-10-7-6-8-11-25)14-13-22(2)37-29-28-26(30-21-31-29)20-32-35(28)23-15-18-34(19-16-23)27(36)12-9-17-33(3)4/h5-14,20-21,23H,1,15-19H2,2-4H3/b12-9+,22-13+,24-14+. The predicted octanol–water partition coefficient (Wildman–Crippen LogP) is 4.54. The third-order valence-electron chi connectivity index (χ3n) is 6.12. The molecule has 0 unspecified atom stereocenters. The second kappa shape index (κ2) is 12.8. The molecule has 4 rings (SSSR count). The third kappa shape index (κ3) is 6.95. The highest BCUT2D eigenvalue weighted by atomic mass is 16.5. The smallest absolute Gasteiger partial charge is 0.248 e. The first kappa shape index (κ1) is 26.8. The average molecular weight is 515 g/mol. The van der Waals surface area contributed by atoms with E-state index in [1.807, 2.05) is 78.0 Å². The van der Waals surface area contributed by atoms with E-state index in [2.05, 4.69) is 21.6 Å². The Kier molecular flexibility index (Phi) is 9.05. The Balaban J connectivity index is 1.45. The van der Waals surface area contributed by atoms with Crippen LogP contribution in [0.1, 0.15) is 25.8 Å². The maximum absolute atomic E-state index is 12.5. The monoisotopic (exact) mass is 514 g/mol. The van der Waals surface area contributed by atoms with E-state index in [1.54, 1.807) is 24.4 Å². The summed E-state index contributed by atoms with van der Waals surface area (Å²) in [6.45, 7) is 7.74. The van der Waals surface area contributed by atoms with Gasteiger partial charge in [0.15, 0.2) is 0 Å². The molecule has 1 fully saturated rings. The number of hydrogen-bond acceptors (Lipinski definition) is 7. The van der Waals surface area contributed by atoms with Crippen molar-refractivity contribution < 1.29 is 14.3 Å². The Bertz CT molecular complexity index is 1330. The third-order valence-corrected chi connectivity index (χ3v) is 6.12. The van der Waals surface area contributed by atoms with Crippen molar-refractivity contribution in [1.29, 1.82) is 0 Å². The number of ether oxygens (including phenoxy) is 2. The van der Waals surface area contributed by atoms with Crippen LogP contribution in [0.3, 0.4) is 0 Å². The predicted molar refractivity (Wildman–Crippen MR) is 148 cm³/mol. The van der Waals surface area contributed by atoms with E-state index in [1.165, 1.54) is 6.33 Å². The van der Waals surface area contributed by atoms with Crippen molar-refractivity contribution in [3.63, 3.8) is 0 Å². The fourth-order valence-electron chi connectivity index (χ4n) is 4.17. The van der Waals surface area contributed by atoms with Crippen LogP contribution in [0, 0.1) is 0 Å². The SMILES string of the molecule is C=C/C(=C\C=C(/C)Oc1ncnc2cnn(C3CCN(C(=O)/C=C/CN(C)C)CC3)c12)Oc1ccccc1. The zero-order valence-electron chi connectivity index (χ0n) is 22.2. The summed E-state index contributed by atoms with van der Waals surface area (Å²) in [4.78, 5) is 25.2.